The molecule has 1 aliphatic heterocycles. The lowest BCUT2D eigenvalue weighted by Gasteiger charge is -2.33. The Morgan fingerprint density at radius 1 is 1.33 bits per heavy atom. The van der Waals surface area contributed by atoms with Gasteiger partial charge in [-0.2, -0.15) is 0 Å². The Kier molecular flexibility index (Phi) is 6.30. The van der Waals surface area contributed by atoms with Gasteiger partial charge in [-0.3, -0.25) is 4.79 Å². The summed E-state index contributed by atoms with van der Waals surface area (Å²) in [5, 5.41) is 9.52. The number of hydrogen-bond donors (Lipinski definition) is 2. The molecule has 0 bridgehead atoms. The number of carboxylic acids is 1. The standard InChI is InChI=1S/C25H30FN3O4/c1-14(2)10-16(12-27)15-6-8-28(9-7-15)22-20(26)11-18-21(24(22)33-3)29(17-4-5-17)13-19(23(18)30)25(31)32/h11,13,17H,1,4-10,12,27H2,2-3H3,(H,31,32). The van der Waals surface area contributed by atoms with Gasteiger partial charge in [0.05, 0.1) is 18.0 Å². The topological polar surface area (TPSA) is 97.8 Å². The third-order valence-electron chi connectivity index (χ3n) is 6.52. The summed E-state index contributed by atoms with van der Waals surface area (Å²) in [7, 11) is 1.46. The van der Waals surface area contributed by atoms with Crippen LogP contribution in [-0.4, -0.2) is 42.4 Å². The summed E-state index contributed by atoms with van der Waals surface area (Å²) in [6, 6.07) is 1.24. The molecule has 0 unspecified atom stereocenters. The smallest absolute Gasteiger partial charge is 0.341 e. The van der Waals surface area contributed by atoms with Gasteiger partial charge >= 0.3 is 5.97 Å². The number of aromatic carboxylic acids is 1. The second-order valence-corrected chi connectivity index (χ2v) is 8.98. The average molecular weight is 456 g/mol. The van der Waals surface area contributed by atoms with Crippen molar-refractivity contribution < 1.29 is 19.0 Å². The van der Waals surface area contributed by atoms with Crippen LogP contribution in [-0.2, 0) is 0 Å². The van der Waals surface area contributed by atoms with Gasteiger partial charge in [0.25, 0.3) is 0 Å². The minimum absolute atomic E-state index is 0.0318. The fraction of sp³-hybridized carbons (Fsp3) is 0.440. The summed E-state index contributed by atoms with van der Waals surface area (Å²) in [5.41, 5.74) is 9.22. The first-order valence-electron chi connectivity index (χ1n) is 11.2. The third kappa shape index (κ3) is 4.27. The lowest BCUT2D eigenvalue weighted by Crippen LogP contribution is -2.33. The Balaban J connectivity index is 1.81. The summed E-state index contributed by atoms with van der Waals surface area (Å²) in [4.78, 5) is 26.4. The van der Waals surface area contributed by atoms with E-state index in [1.165, 1.54) is 30.5 Å². The van der Waals surface area contributed by atoms with Crippen molar-refractivity contribution in [1.29, 1.82) is 0 Å². The Bertz CT molecular complexity index is 1220. The minimum atomic E-state index is -1.32. The van der Waals surface area contributed by atoms with Gasteiger partial charge in [-0.1, -0.05) is 23.3 Å². The van der Waals surface area contributed by atoms with Crippen LogP contribution in [0.4, 0.5) is 10.1 Å². The predicted octanol–water partition coefficient (Wildman–Crippen LogP) is 4.00. The van der Waals surface area contributed by atoms with Gasteiger partial charge in [0.15, 0.2) is 11.6 Å². The zero-order valence-electron chi connectivity index (χ0n) is 19.1. The molecule has 4 rings (SSSR count). The third-order valence-corrected chi connectivity index (χ3v) is 6.52. The largest absolute Gasteiger partial charge is 0.492 e. The number of fused-ring (bicyclic) bond motifs is 1. The molecule has 0 amide bonds. The van der Waals surface area contributed by atoms with Gasteiger partial charge in [-0.15, -0.1) is 0 Å². The first-order valence-corrected chi connectivity index (χ1v) is 11.2. The molecule has 1 saturated carbocycles. The van der Waals surface area contributed by atoms with Crippen LogP contribution in [0.2, 0.25) is 0 Å². The highest BCUT2D eigenvalue weighted by atomic mass is 19.1. The predicted molar refractivity (Wildman–Crippen MR) is 127 cm³/mol. The molecular formula is C25H30FN3O4. The van der Waals surface area contributed by atoms with Crippen LogP contribution in [0, 0.1) is 5.82 Å². The highest BCUT2D eigenvalue weighted by molar-refractivity contribution is 5.97. The number of aromatic nitrogens is 1. The number of allylic oxidation sites excluding steroid dienone is 1. The number of carbonyl (C=O) groups is 1. The highest BCUT2D eigenvalue weighted by Gasteiger charge is 2.32. The molecule has 7 nitrogen and oxygen atoms in total. The maximum absolute atomic E-state index is 15.4. The van der Waals surface area contributed by atoms with Crippen LogP contribution in [0.25, 0.3) is 10.9 Å². The van der Waals surface area contributed by atoms with E-state index in [0.717, 1.165) is 37.7 Å². The molecule has 2 aliphatic rings. The maximum Gasteiger partial charge on any atom is 0.341 e. The van der Waals surface area contributed by atoms with E-state index >= 15 is 4.39 Å². The average Bonchev–Trinajstić information content (AvgIpc) is 3.62. The maximum atomic E-state index is 15.4. The molecule has 1 aliphatic carbocycles. The fourth-order valence-electron chi connectivity index (χ4n) is 4.78. The molecule has 0 spiro atoms. The second kappa shape index (κ2) is 9.02. The number of carboxylic acid groups (broad SMARTS) is 1. The molecule has 0 atom stereocenters. The molecule has 1 aromatic heterocycles. The number of halogens is 1. The SMILES string of the molecule is C=C(C)CC(CN)=C1CCN(c2c(F)cc3c(=O)c(C(=O)O)cn(C4CC4)c3c2OC)CC1. The van der Waals surface area contributed by atoms with Gasteiger partial charge in [0.2, 0.25) is 5.43 Å². The Labute approximate surface area is 191 Å². The van der Waals surface area contributed by atoms with E-state index in [1.54, 1.807) is 4.57 Å². The van der Waals surface area contributed by atoms with Crippen LogP contribution < -0.4 is 20.8 Å². The van der Waals surface area contributed by atoms with Crippen molar-refractivity contribution in [2.75, 3.05) is 31.6 Å². The molecule has 8 heteroatoms. The van der Waals surface area contributed by atoms with Crippen molar-refractivity contribution in [3.8, 4) is 5.75 Å². The van der Waals surface area contributed by atoms with Crippen LogP contribution in [0.5, 0.6) is 5.75 Å². The van der Waals surface area contributed by atoms with E-state index in [0.29, 0.717) is 30.8 Å². The Hall–Kier alpha value is -3.13. The number of rotatable bonds is 7. The number of nitrogens with zero attached hydrogens (tertiary/aromatic N) is 2. The normalized spacial score (nSPS) is 16.2. The number of piperidine rings is 1. The van der Waals surface area contributed by atoms with Gasteiger partial charge < -0.3 is 25.0 Å². The number of ether oxygens (including phenoxy) is 1. The first kappa shape index (κ1) is 23.0. The van der Waals surface area contributed by atoms with Gasteiger partial charge in [0.1, 0.15) is 11.3 Å². The van der Waals surface area contributed by atoms with Crippen LogP contribution in [0.15, 0.2) is 40.4 Å². The second-order valence-electron chi connectivity index (χ2n) is 8.98. The number of anilines is 1. The summed E-state index contributed by atoms with van der Waals surface area (Å²) in [6.45, 7) is 7.63. The molecule has 176 valence electrons. The Morgan fingerprint density at radius 3 is 2.52 bits per heavy atom. The minimum Gasteiger partial charge on any atom is -0.492 e. The molecule has 2 aromatic rings. The van der Waals surface area contributed by atoms with Crippen molar-refractivity contribution in [3.63, 3.8) is 0 Å². The van der Waals surface area contributed by atoms with E-state index in [4.69, 9.17) is 10.5 Å². The number of benzene rings is 1. The van der Waals surface area contributed by atoms with Crippen molar-refractivity contribution >= 4 is 22.6 Å². The molecule has 2 fully saturated rings. The zero-order valence-corrected chi connectivity index (χ0v) is 19.1. The quantitative estimate of drug-likeness (QED) is 0.613. The number of pyridine rings is 1. The summed E-state index contributed by atoms with van der Waals surface area (Å²) >= 11 is 0. The lowest BCUT2D eigenvalue weighted by molar-refractivity contribution is 0.0695. The van der Waals surface area contributed by atoms with Crippen LogP contribution in [0.1, 0.15) is 55.4 Å². The first-order chi connectivity index (χ1) is 15.8. The van der Waals surface area contributed by atoms with E-state index < -0.39 is 17.2 Å². The molecule has 1 saturated heterocycles. The molecule has 3 N–H and O–H groups in total. The number of hydrogen-bond acceptors (Lipinski definition) is 5. The zero-order chi connectivity index (χ0) is 23.9. The highest BCUT2D eigenvalue weighted by Crippen LogP contribution is 2.44. The van der Waals surface area contributed by atoms with Gasteiger partial charge in [0, 0.05) is 31.9 Å². The molecule has 2 heterocycles. The lowest BCUT2D eigenvalue weighted by atomic mass is 9.93. The monoisotopic (exact) mass is 455 g/mol. The number of nitrogens with two attached hydrogens (primary N) is 1. The van der Waals surface area contributed by atoms with Gasteiger partial charge in [-0.05, 0) is 45.1 Å². The van der Waals surface area contributed by atoms with Gasteiger partial charge in [-0.25, -0.2) is 9.18 Å². The van der Waals surface area contributed by atoms with E-state index in [1.807, 2.05) is 11.8 Å². The van der Waals surface area contributed by atoms with E-state index in [2.05, 4.69) is 6.58 Å². The van der Waals surface area contributed by atoms with E-state index in [-0.39, 0.29) is 22.7 Å². The fourth-order valence-corrected chi connectivity index (χ4v) is 4.78. The van der Waals surface area contributed by atoms with E-state index in [9.17, 15) is 14.7 Å². The van der Waals surface area contributed by atoms with Crippen LogP contribution in [0.3, 0.4) is 0 Å². The summed E-state index contributed by atoms with van der Waals surface area (Å²) in [5.74, 6) is -1.63. The van der Waals surface area contributed by atoms with Crippen molar-refractivity contribution in [2.24, 2.45) is 5.73 Å². The van der Waals surface area contributed by atoms with Crippen molar-refractivity contribution in [2.45, 2.75) is 45.1 Å². The molecule has 33 heavy (non-hydrogen) atoms. The van der Waals surface area contributed by atoms with Crippen LogP contribution >= 0.6 is 0 Å². The number of methoxy groups -OCH3 is 1. The summed E-state index contributed by atoms with van der Waals surface area (Å²) < 4.78 is 22.9. The molecule has 0 radical (unpaired) electrons. The van der Waals surface area contributed by atoms with Crippen molar-refractivity contribution in [3.05, 3.63) is 57.2 Å². The van der Waals surface area contributed by atoms with Crippen molar-refractivity contribution in [1.82, 2.24) is 4.57 Å². The molecular weight excluding hydrogens is 425 g/mol. The molecule has 1 aromatic carbocycles. The summed E-state index contributed by atoms with van der Waals surface area (Å²) in [6.07, 6.45) is 5.41. The Morgan fingerprint density at radius 2 is 2.00 bits per heavy atom.